The summed E-state index contributed by atoms with van der Waals surface area (Å²) in [6.07, 6.45) is 0. The number of carbonyl (C=O) groups is 1. The van der Waals surface area contributed by atoms with Gasteiger partial charge in [0.1, 0.15) is 5.75 Å². The molecule has 0 radical (unpaired) electrons. The molecule has 1 rings (SSSR count). The van der Waals surface area contributed by atoms with E-state index in [0.29, 0.717) is 16.3 Å². The monoisotopic (exact) mass is 213 g/mol. The number of hydrogen-bond donors (Lipinski definition) is 1. The summed E-state index contributed by atoms with van der Waals surface area (Å²) in [4.78, 5) is 11.3. The van der Waals surface area contributed by atoms with Crippen molar-refractivity contribution in [2.75, 3.05) is 13.7 Å². The maximum atomic E-state index is 11.3. The third-order valence-corrected chi connectivity index (χ3v) is 2.36. The molecule has 0 heterocycles. The highest BCUT2D eigenvalue weighted by atomic mass is 35.5. The Bertz CT molecular complexity index is 363. The first-order valence-electron chi connectivity index (χ1n) is 4.18. The van der Waals surface area contributed by atoms with Gasteiger partial charge in [0, 0.05) is 5.56 Å². The predicted octanol–water partition coefficient (Wildman–Crippen LogP) is 1.80. The lowest BCUT2D eigenvalue weighted by Gasteiger charge is -2.09. The molecule has 2 N–H and O–H groups in total. The van der Waals surface area contributed by atoms with Crippen LogP contribution in [0.15, 0.2) is 12.1 Å². The second-order valence-electron chi connectivity index (χ2n) is 2.90. The zero-order valence-corrected chi connectivity index (χ0v) is 8.89. The minimum atomic E-state index is -0.187. The average Bonchev–Trinajstić information content (AvgIpc) is 2.18. The summed E-state index contributed by atoms with van der Waals surface area (Å²) in [5.74, 6) is 0.347. The molecule has 0 bridgehead atoms. The Balaban J connectivity index is 3.28. The first-order valence-corrected chi connectivity index (χ1v) is 4.56. The van der Waals surface area contributed by atoms with Crippen molar-refractivity contribution >= 4 is 17.4 Å². The Morgan fingerprint density at radius 2 is 2.21 bits per heavy atom. The first-order chi connectivity index (χ1) is 6.61. The Morgan fingerprint density at radius 3 is 2.71 bits per heavy atom. The van der Waals surface area contributed by atoms with Crippen LogP contribution in [0.2, 0.25) is 5.02 Å². The van der Waals surface area contributed by atoms with Gasteiger partial charge in [-0.2, -0.15) is 0 Å². The lowest BCUT2D eigenvalue weighted by molar-refractivity contribution is 0.100. The van der Waals surface area contributed by atoms with Crippen LogP contribution in [-0.4, -0.2) is 19.4 Å². The van der Waals surface area contributed by atoms with E-state index in [9.17, 15) is 4.79 Å². The van der Waals surface area contributed by atoms with Crippen LogP contribution in [0.5, 0.6) is 5.75 Å². The molecule has 0 unspecified atom stereocenters. The fourth-order valence-electron chi connectivity index (χ4n) is 1.23. The number of halogens is 1. The molecule has 14 heavy (non-hydrogen) atoms. The molecule has 0 atom stereocenters. The number of nitrogens with two attached hydrogens (primary N) is 1. The lowest BCUT2D eigenvalue weighted by atomic mass is 10.1. The summed E-state index contributed by atoms with van der Waals surface area (Å²) in [6, 6.07) is 3.45. The second kappa shape index (κ2) is 4.44. The molecule has 0 aliphatic rings. The van der Waals surface area contributed by atoms with Gasteiger partial charge in [0.15, 0.2) is 5.78 Å². The van der Waals surface area contributed by atoms with E-state index >= 15 is 0 Å². The summed E-state index contributed by atoms with van der Waals surface area (Å²) in [5.41, 5.74) is 6.56. The van der Waals surface area contributed by atoms with Crippen molar-refractivity contribution in [3.05, 3.63) is 28.3 Å². The Labute approximate surface area is 87.8 Å². The zero-order valence-electron chi connectivity index (χ0n) is 8.13. The molecule has 0 amide bonds. The van der Waals surface area contributed by atoms with E-state index in [1.165, 1.54) is 7.11 Å². The maximum Gasteiger partial charge on any atom is 0.178 e. The summed E-state index contributed by atoms with van der Waals surface area (Å²) >= 11 is 5.99. The van der Waals surface area contributed by atoms with Gasteiger partial charge in [0.25, 0.3) is 0 Å². The van der Waals surface area contributed by atoms with Crippen molar-refractivity contribution in [1.82, 2.24) is 0 Å². The number of ketones is 1. The van der Waals surface area contributed by atoms with Crippen LogP contribution in [0.1, 0.15) is 15.9 Å². The molecular weight excluding hydrogens is 202 g/mol. The lowest BCUT2D eigenvalue weighted by Crippen LogP contribution is -2.14. The van der Waals surface area contributed by atoms with Gasteiger partial charge >= 0.3 is 0 Å². The fourth-order valence-corrected chi connectivity index (χ4v) is 1.62. The molecule has 1 aromatic carbocycles. The van der Waals surface area contributed by atoms with Gasteiger partial charge < -0.3 is 10.5 Å². The first kappa shape index (κ1) is 11.0. The predicted molar refractivity (Wildman–Crippen MR) is 56.1 cm³/mol. The van der Waals surface area contributed by atoms with Crippen LogP contribution in [0, 0.1) is 6.92 Å². The number of Topliss-reactive ketones (excluding diaryl/α,β-unsaturated/α-hetero) is 1. The van der Waals surface area contributed by atoms with Crippen LogP contribution >= 0.6 is 11.6 Å². The highest BCUT2D eigenvalue weighted by Crippen LogP contribution is 2.31. The van der Waals surface area contributed by atoms with Crippen LogP contribution in [0.25, 0.3) is 0 Å². The van der Waals surface area contributed by atoms with Gasteiger partial charge in [0.05, 0.1) is 18.7 Å². The Morgan fingerprint density at radius 1 is 1.57 bits per heavy atom. The van der Waals surface area contributed by atoms with Crippen LogP contribution < -0.4 is 10.5 Å². The number of carbonyl (C=O) groups excluding carboxylic acids is 1. The van der Waals surface area contributed by atoms with E-state index < -0.39 is 0 Å². The number of ether oxygens (including phenoxy) is 1. The minimum absolute atomic E-state index is 0.0497. The summed E-state index contributed by atoms with van der Waals surface area (Å²) in [7, 11) is 1.52. The molecule has 0 saturated heterocycles. The molecule has 0 aromatic heterocycles. The van der Waals surface area contributed by atoms with Crippen molar-refractivity contribution in [3.8, 4) is 5.75 Å². The molecule has 0 spiro atoms. The Hall–Kier alpha value is -1.06. The standard InChI is InChI=1S/C10H12ClNO2/c1-6-3-4-7(8(13)5-12)9(11)10(6)14-2/h3-4H,5,12H2,1-2H3. The SMILES string of the molecule is COc1c(C)ccc(C(=O)CN)c1Cl. The average molecular weight is 214 g/mol. The number of rotatable bonds is 3. The van der Waals surface area contributed by atoms with Crippen LogP contribution in [0.3, 0.4) is 0 Å². The molecule has 4 heteroatoms. The van der Waals surface area contributed by atoms with Crippen molar-refractivity contribution in [2.24, 2.45) is 5.73 Å². The highest BCUT2D eigenvalue weighted by Gasteiger charge is 2.14. The normalized spacial score (nSPS) is 10.0. The van der Waals surface area contributed by atoms with E-state index in [1.54, 1.807) is 12.1 Å². The van der Waals surface area contributed by atoms with E-state index in [4.69, 9.17) is 22.1 Å². The van der Waals surface area contributed by atoms with Gasteiger partial charge in [0.2, 0.25) is 0 Å². The van der Waals surface area contributed by atoms with Crippen LogP contribution in [0.4, 0.5) is 0 Å². The third kappa shape index (κ3) is 1.89. The molecule has 1 aromatic rings. The van der Waals surface area contributed by atoms with Gasteiger partial charge in [-0.25, -0.2) is 0 Å². The van der Waals surface area contributed by atoms with E-state index in [-0.39, 0.29) is 12.3 Å². The van der Waals surface area contributed by atoms with E-state index in [2.05, 4.69) is 0 Å². The second-order valence-corrected chi connectivity index (χ2v) is 3.28. The number of benzene rings is 1. The molecular formula is C10H12ClNO2. The highest BCUT2D eigenvalue weighted by molar-refractivity contribution is 6.35. The molecule has 0 fully saturated rings. The van der Waals surface area contributed by atoms with Gasteiger partial charge in [-0.15, -0.1) is 0 Å². The quantitative estimate of drug-likeness (QED) is 0.779. The molecule has 0 saturated carbocycles. The minimum Gasteiger partial charge on any atom is -0.495 e. The van der Waals surface area contributed by atoms with Gasteiger partial charge in [-0.05, 0) is 18.6 Å². The zero-order chi connectivity index (χ0) is 10.7. The summed E-state index contributed by atoms with van der Waals surface area (Å²) in [5, 5.41) is 0.336. The smallest absolute Gasteiger partial charge is 0.178 e. The van der Waals surface area contributed by atoms with Crippen molar-refractivity contribution < 1.29 is 9.53 Å². The van der Waals surface area contributed by atoms with Gasteiger partial charge in [-0.1, -0.05) is 17.7 Å². The van der Waals surface area contributed by atoms with Gasteiger partial charge in [-0.3, -0.25) is 4.79 Å². The topological polar surface area (TPSA) is 52.3 Å². The summed E-state index contributed by atoms with van der Waals surface area (Å²) in [6.45, 7) is 1.81. The number of aryl methyl sites for hydroxylation is 1. The molecule has 0 aliphatic heterocycles. The third-order valence-electron chi connectivity index (χ3n) is 1.98. The Kier molecular flexibility index (Phi) is 3.49. The van der Waals surface area contributed by atoms with Crippen molar-refractivity contribution in [3.63, 3.8) is 0 Å². The summed E-state index contributed by atoms with van der Waals surface area (Å²) < 4.78 is 5.09. The van der Waals surface area contributed by atoms with Crippen LogP contribution in [-0.2, 0) is 0 Å². The molecule has 0 aliphatic carbocycles. The largest absolute Gasteiger partial charge is 0.495 e. The number of hydrogen-bond acceptors (Lipinski definition) is 3. The maximum absolute atomic E-state index is 11.3. The van der Waals surface area contributed by atoms with E-state index in [0.717, 1.165) is 5.56 Å². The van der Waals surface area contributed by atoms with Crippen molar-refractivity contribution in [1.29, 1.82) is 0 Å². The fraction of sp³-hybridized carbons (Fsp3) is 0.300. The number of methoxy groups -OCH3 is 1. The van der Waals surface area contributed by atoms with E-state index in [1.807, 2.05) is 6.92 Å². The molecule has 76 valence electrons. The van der Waals surface area contributed by atoms with Crippen molar-refractivity contribution in [2.45, 2.75) is 6.92 Å². The molecule has 3 nitrogen and oxygen atoms in total.